The minimum absolute atomic E-state index is 0.369. The van der Waals surface area contributed by atoms with Crippen molar-refractivity contribution in [2.24, 2.45) is 0 Å². The number of rotatable bonds is 4. The number of nitrogens with zero attached hydrogens (tertiary/aromatic N) is 1. The fourth-order valence-electron chi connectivity index (χ4n) is 2.11. The molecule has 2 rings (SSSR count). The Bertz CT molecular complexity index is 519. The fraction of sp³-hybridized carbons (Fsp3) is 0.385. The largest absolute Gasteiger partial charge is 0.392 e. The second-order valence-electron chi connectivity index (χ2n) is 4.35. The zero-order chi connectivity index (χ0) is 12.4. The highest BCUT2D eigenvalue weighted by molar-refractivity contribution is 6.31. The van der Waals surface area contributed by atoms with Gasteiger partial charge in [0.1, 0.15) is 0 Å². The fourth-order valence-corrected chi connectivity index (χ4v) is 2.27. The molecule has 0 radical (unpaired) electrons. The third kappa shape index (κ3) is 2.63. The molecule has 0 saturated carbocycles. The number of benzene rings is 1. The third-order valence-electron chi connectivity index (χ3n) is 2.75. The van der Waals surface area contributed by atoms with Gasteiger partial charge in [-0.3, -0.25) is 0 Å². The molecule has 0 saturated heterocycles. The van der Waals surface area contributed by atoms with Crippen LogP contribution in [0, 0.1) is 0 Å². The molecular formula is C13H17ClN2O. The van der Waals surface area contributed by atoms with Crippen molar-refractivity contribution in [2.45, 2.75) is 26.1 Å². The van der Waals surface area contributed by atoms with Gasteiger partial charge in [0.25, 0.3) is 0 Å². The van der Waals surface area contributed by atoms with E-state index in [9.17, 15) is 5.11 Å². The normalized spacial score (nSPS) is 13.2. The Balaban J connectivity index is 2.54. The number of aliphatic hydroxyl groups is 1. The summed E-state index contributed by atoms with van der Waals surface area (Å²) in [6.45, 7) is 3.18. The van der Waals surface area contributed by atoms with Crippen LogP contribution in [0.3, 0.4) is 0 Å². The molecule has 0 aliphatic carbocycles. The minimum atomic E-state index is -0.369. The van der Waals surface area contributed by atoms with Crippen LogP contribution < -0.4 is 5.32 Å². The molecule has 92 valence electrons. The Morgan fingerprint density at radius 3 is 2.88 bits per heavy atom. The molecule has 0 aliphatic rings. The van der Waals surface area contributed by atoms with Gasteiger partial charge >= 0.3 is 0 Å². The van der Waals surface area contributed by atoms with Gasteiger partial charge in [-0.05, 0) is 31.7 Å². The Morgan fingerprint density at radius 1 is 1.47 bits per heavy atom. The number of nitrogens with one attached hydrogen (secondary N) is 1. The predicted octanol–water partition coefficient (Wildman–Crippen LogP) is 2.39. The molecule has 1 atom stereocenters. The van der Waals surface area contributed by atoms with Crippen LogP contribution in [0.2, 0.25) is 5.02 Å². The number of hydrogen-bond donors (Lipinski definition) is 2. The molecule has 2 aromatic rings. The molecule has 0 amide bonds. The van der Waals surface area contributed by atoms with Gasteiger partial charge in [-0.2, -0.15) is 0 Å². The SMILES string of the molecule is CNCc1cn(CC(C)O)c2cc(Cl)ccc12. The average Bonchev–Trinajstić information content (AvgIpc) is 2.56. The monoisotopic (exact) mass is 252 g/mol. The lowest BCUT2D eigenvalue weighted by Gasteiger charge is -2.07. The second kappa shape index (κ2) is 5.08. The Morgan fingerprint density at radius 2 is 2.24 bits per heavy atom. The summed E-state index contributed by atoms with van der Waals surface area (Å²) in [6, 6.07) is 5.87. The first-order valence-corrected chi connectivity index (χ1v) is 6.09. The van der Waals surface area contributed by atoms with Crippen molar-refractivity contribution in [1.29, 1.82) is 0 Å². The molecule has 1 unspecified atom stereocenters. The van der Waals surface area contributed by atoms with E-state index in [2.05, 4.69) is 16.1 Å². The number of aromatic nitrogens is 1. The number of halogens is 1. The van der Waals surface area contributed by atoms with Gasteiger partial charge in [0.05, 0.1) is 6.10 Å². The molecule has 1 heterocycles. The van der Waals surface area contributed by atoms with E-state index in [0.29, 0.717) is 6.54 Å². The molecule has 2 N–H and O–H groups in total. The topological polar surface area (TPSA) is 37.2 Å². The van der Waals surface area contributed by atoms with E-state index in [1.165, 1.54) is 10.9 Å². The van der Waals surface area contributed by atoms with Gasteiger partial charge in [-0.15, -0.1) is 0 Å². The summed E-state index contributed by atoms with van der Waals surface area (Å²) >= 11 is 6.02. The highest BCUT2D eigenvalue weighted by Gasteiger charge is 2.09. The number of aliphatic hydroxyl groups excluding tert-OH is 1. The Hall–Kier alpha value is -1.03. The summed E-state index contributed by atoms with van der Waals surface area (Å²) in [4.78, 5) is 0. The molecule has 17 heavy (non-hydrogen) atoms. The zero-order valence-electron chi connectivity index (χ0n) is 10.1. The van der Waals surface area contributed by atoms with Crippen molar-refractivity contribution < 1.29 is 5.11 Å². The summed E-state index contributed by atoms with van der Waals surface area (Å²) in [5, 5.41) is 14.6. The van der Waals surface area contributed by atoms with Crippen molar-refractivity contribution in [1.82, 2.24) is 9.88 Å². The van der Waals surface area contributed by atoms with Crippen LogP contribution in [0.15, 0.2) is 24.4 Å². The lowest BCUT2D eigenvalue weighted by molar-refractivity contribution is 0.175. The maximum atomic E-state index is 9.50. The first-order valence-electron chi connectivity index (χ1n) is 5.71. The summed E-state index contributed by atoms with van der Waals surface area (Å²) < 4.78 is 2.05. The lowest BCUT2D eigenvalue weighted by Crippen LogP contribution is -2.10. The van der Waals surface area contributed by atoms with Gasteiger partial charge in [0, 0.05) is 35.2 Å². The van der Waals surface area contributed by atoms with Crippen molar-refractivity contribution in [2.75, 3.05) is 7.05 Å². The maximum absolute atomic E-state index is 9.50. The summed E-state index contributed by atoms with van der Waals surface area (Å²) in [5.74, 6) is 0. The van der Waals surface area contributed by atoms with Crippen LogP contribution in [0.1, 0.15) is 12.5 Å². The van der Waals surface area contributed by atoms with Crippen molar-refractivity contribution >= 4 is 22.5 Å². The maximum Gasteiger partial charge on any atom is 0.0691 e. The van der Waals surface area contributed by atoms with Gasteiger partial charge < -0.3 is 15.0 Å². The van der Waals surface area contributed by atoms with Gasteiger partial charge in [0.2, 0.25) is 0 Å². The molecule has 0 aliphatic heterocycles. The second-order valence-corrected chi connectivity index (χ2v) is 4.78. The molecule has 0 spiro atoms. The van der Waals surface area contributed by atoms with Crippen LogP contribution in [0.4, 0.5) is 0 Å². The van der Waals surface area contributed by atoms with E-state index >= 15 is 0 Å². The predicted molar refractivity (Wildman–Crippen MR) is 71.4 cm³/mol. The van der Waals surface area contributed by atoms with Crippen LogP contribution in [-0.4, -0.2) is 22.8 Å². The Labute approximate surface area is 106 Å². The molecule has 1 aromatic heterocycles. The van der Waals surface area contributed by atoms with E-state index in [1.807, 2.05) is 25.2 Å². The first kappa shape index (κ1) is 12.4. The van der Waals surface area contributed by atoms with E-state index in [0.717, 1.165) is 17.1 Å². The average molecular weight is 253 g/mol. The molecule has 0 bridgehead atoms. The zero-order valence-corrected chi connectivity index (χ0v) is 10.8. The molecule has 1 aromatic carbocycles. The first-order chi connectivity index (χ1) is 8.11. The van der Waals surface area contributed by atoms with E-state index in [1.54, 1.807) is 6.92 Å². The standard InChI is InChI=1S/C13H17ClN2O/c1-9(17)7-16-8-10(6-15-2)12-4-3-11(14)5-13(12)16/h3-5,8-9,15,17H,6-7H2,1-2H3. The van der Waals surface area contributed by atoms with E-state index < -0.39 is 0 Å². The van der Waals surface area contributed by atoms with Crippen LogP contribution in [-0.2, 0) is 13.1 Å². The number of fused-ring (bicyclic) bond motifs is 1. The summed E-state index contributed by atoms with van der Waals surface area (Å²) in [7, 11) is 1.92. The highest BCUT2D eigenvalue weighted by Crippen LogP contribution is 2.25. The summed E-state index contributed by atoms with van der Waals surface area (Å²) in [6.07, 6.45) is 1.71. The minimum Gasteiger partial charge on any atom is -0.392 e. The van der Waals surface area contributed by atoms with Crippen LogP contribution in [0.25, 0.3) is 10.9 Å². The van der Waals surface area contributed by atoms with Gasteiger partial charge in [0.15, 0.2) is 0 Å². The van der Waals surface area contributed by atoms with E-state index in [4.69, 9.17) is 11.6 Å². The van der Waals surface area contributed by atoms with Gasteiger partial charge in [-0.25, -0.2) is 0 Å². The molecule has 4 heteroatoms. The lowest BCUT2D eigenvalue weighted by atomic mass is 10.2. The van der Waals surface area contributed by atoms with Crippen molar-refractivity contribution in [3.8, 4) is 0 Å². The number of hydrogen-bond acceptors (Lipinski definition) is 2. The van der Waals surface area contributed by atoms with Crippen molar-refractivity contribution in [3.63, 3.8) is 0 Å². The van der Waals surface area contributed by atoms with E-state index in [-0.39, 0.29) is 6.10 Å². The van der Waals surface area contributed by atoms with Gasteiger partial charge in [-0.1, -0.05) is 17.7 Å². The molecule has 3 nitrogen and oxygen atoms in total. The van der Waals surface area contributed by atoms with Crippen LogP contribution >= 0.6 is 11.6 Å². The summed E-state index contributed by atoms with van der Waals surface area (Å²) in [5.41, 5.74) is 2.29. The molecular weight excluding hydrogens is 236 g/mol. The van der Waals surface area contributed by atoms with Crippen molar-refractivity contribution in [3.05, 3.63) is 35.0 Å². The third-order valence-corrected chi connectivity index (χ3v) is 2.99. The highest BCUT2D eigenvalue weighted by atomic mass is 35.5. The smallest absolute Gasteiger partial charge is 0.0691 e. The molecule has 0 fully saturated rings. The van der Waals surface area contributed by atoms with Crippen LogP contribution in [0.5, 0.6) is 0 Å². The Kier molecular flexibility index (Phi) is 3.72. The quantitative estimate of drug-likeness (QED) is 0.877.